The lowest BCUT2D eigenvalue weighted by atomic mass is 10.0. The van der Waals surface area contributed by atoms with Crippen LogP contribution in [0, 0.1) is 0 Å². The van der Waals surface area contributed by atoms with Crippen molar-refractivity contribution in [3.05, 3.63) is 0 Å². The molecule has 1 aliphatic heterocycles. The van der Waals surface area contributed by atoms with Crippen molar-refractivity contribution in [2.45, 2.75) is 44.9 Å². The molecule has 0 saturated carbocycles. The highest BCUT2D eigenvalue weighted by Crippen LogP contribution is 2.18. The minimum Gasteiger partial charge on any atom is -0.375 e. The van der Waals surface area contributed by atoms with E-state index >= 15 is 0 Å². The highest BCUT2D eigenvalue weighted by Gasteiger charge is 2.23. The quantitative estimate of drug-likeness (QED) is 0.612. The molecule has 0 aliphatic carbocycles. The van der Waals surface area contributed by atoms with Gasteiger partial charge in [-0.2, -0.15) is 5.48 Å². The summed E-state index contributed by atoms with van der Waals surface area (Å²) in [6.07, 6.45) is 2.79. The summed E-state index contributed by atoms with van der Waals surface area (Å²) in [4.78, 5) is 4.87. The fourth-order valence-electron chi connectivity index (χ4n) is 1.67. The molecule has 0 spiro atoms. The second-order valence-electron chi connectivity index (χ2n) is 3.25. The van der Waals surface area contributed by atoms with Crippen LogP contribution in [0.3, 0.4) is 0 Å². The summed E-state index contributed by atoms with van der Waals surface area (Å²) in [6.45, 7) is 4.19. The number of hydroxylamine groups is 1. The van der Waals surface area contributed by atoms with Crippen LogP contribution in [-0.2, 0) is 9.57 Å². The zero-order valence-electron chi connectivity index (χ0n) is 7.46. The van der Waals surface area contributed by atoms with E-state index in [1.54, 1.807) is 7.11 Å². The van der Waals surface area contributed by atoms with E-state index in [-0.39, 0.29) is 0 Å². The molecule has 1 N–H and O–H groups in total. The topological polar surface area (TPSA) is 30.5 Å². The van der Waals surface area contributed by atoms with E-state index in [2.05, 4.69) is 19.3 Å². The maximum atomic E-state index is 5.57. The molecular weight excluding hydrogens is 142 g/mol. The number of rotatable bonds is 2. The first-order valence-corrected chi connectivity index (χ1v) is 4.16. The fraction of sp³-hybridized carbons (Fsp3) is 1.00. The van der Waals surface area contributed by atoms with E-state index in [1.165, 1.54) is 0 Å². The highest BCUT2D eigenvalue weighted by atomic mass is 16.6. The second kappa shape index (κ2) is 4.04. The van der Waals surface area contributed by atoms with Crippen LogP contribution in [0.1, 0.15) is 26.7 Å². The van der Waals surface area contributed by atoms with Crippen molar-refractivity contribution >= 4 is 0 Å². The molecule has 2 unspecified atom stereocenters. The molecule has 0 amide bonds. The van der Waals surface area contributed by atoms with Gasteiger partial charge in [-0.3, -0.25) is 0 Å². The van der Waals surface area contributed by atoms with Crippen LogP contribution in [0.2, 0.25) is 0 Å². The van der Waals surface area contributed by atoms with Gasteiger partial charge in [0.15, 0.2) is 0 Å². The first-order valence-electron chi connectivity index (χ1n) is 4.16. The zero-order valence-corrected chi connectivity index (χ0v) is 7.46. The van der Waals surface area contributed by atoms with E-state index in [1.807, 2.05) is 0 Å². The van der Waals surface area contributed by atoms with Gasteiger partial charge in [0, 0.05) is 6.04 Å². The predicted molar refractivity (Wildman–Crippen MR) is 43.2 cm³/mol. The molecule has 0 aromatic heterocycles. The Labute approximate surface area is 68.0 Å². The highest BCUT2D eigenvalue weighted by molar-refractivity contribution is 4.75. The van der Waals surface area contributed by atoms with Gasteiger partial charge in [0.25, 0.3) is 0 Å². The zero-order chi connectivity index (χ0) is 8.27. The molecule has 1 fully saturated rings. The van der Waals surface area contributed by atoms with Gasteiger partial charge in [-0.05, 0) is 26.7 Å². The van der Waals surface area contributed by atoms with Crippen molar-refractivity contribution in [1.82, 2.24) is 5.48 Å². The van der Waals surface area contributed by atoms with Crippen LogP contribution in [-0.4, -0.2) is 25.4 Å². The van der Waals surface area contributed by atoms with Gasteiger partial charge < -0.3 is 9.57 Å². The molecule has 0 bridgehead atoms. The van der Waals surface area contributed by atoms with Crippen molar-refractivity contribution in [3.63, 3.8) is 0 Å². The summed E-state index contributed by atoms with van der Waals surface area (Å²) < 4.78 is 5.57. The van der Waals surface area contributed by atoms with Gasteiger partial charge in [0.1, 0.15) is 0 Å². The molecule has 11 heavy (non-hydrogen) atoms. The van der Waals surface area contributed by atoms with Gasteiger partial charge in [-0.1, -0.05) is 0 Å². The molecule has 1 heterocycles. The van der Waals surface area contributed by atoms with Crippen LogP contribution in [0.25, 0.3) is 0 Å². The Morgan fingerprint density at radius 1 is 1.27 bits per heavy atom. The van der Waals surface area contributed by atoms with Gasteiger partial charge in [0.2, 0.25) is 0 Å². The Hall–Kier alpha value is -0.120. The summed E-state index contributed by atoms with van der Waals surface area (Å²) in [5.74, 6) is 0. The molecule has 1 rings (SSSR count). The van der Waals surface area contributed by atoms with Gasteiger partial charge in [-0.15, -0.1) is 0 Å². The van der Waals surface area contributed by atoms with E-state index in [4.69, 9.17) is 9.57 Å². The summed E-state index contributed by atoms with van der Waals surface area (Å²) >= 11 is 0. The summed E-state index contributed by atoms with van der Waals surface area (Å²) in [5.41, 5.74) is 2.97. The smallest absolute Gasteiger partial charge is 0.0572 e. The van der Waals surface area contributed by atoms with Crippen molar-refractivity contribution in [1.29, 1.82) is 0 Å². The third-order valence-electron chi connectivity index (χ3n) is 1.98. The Balaban J connectivity index is 2.30. The maximum Gasteiger partial charge on any atom is 0.0572 e. The summed E-state index contributed by atoms with van der Waals surface area (Å²) in [5, 5.41) is 0. The van der Waals surface area contributed by atoms with Crippen LogP contribution >= 0.6 is 0 Å². The van der Waals surface area contributed by atoms with Gasteiger partial charge >= 0.3 is 0 Å². The van der Waals surface area contributed by atoms with Crippen molar-refractivity contribution in [2.75, 3.05) is 7.11 Å². The lowest BCUT2D eigenvalue weighted by Gasteiger charge is -2.31. The lowest BCUT2D eigenvalue weighted by Crippen LogP contribution is -2.40. The molecule has 66 valence electrons. The van der Waals surface area contributed by atoms with Crippen molar-refractivity contribution in [3.8, 4) is 0 Å². The lowest BCUT2D eigenvalue weighted by molar-refractivity contribution is -0.0700. The third kappa shape index (κ3) is 2.77. The SMILES string of the molecule is CONC1CC(C)OC(C)C1. The van der Waals surface area contributed by atoms with Gasteiger partial charge in [-0.25, -0.2) is 0 Å². The first-order chi connectivity index (χ1) is 5.22. The molecule has 0 aromatic rings. The molecule has 3 heteroatoms. The van der Waals surface area contributed by atoms with Gasteiger partial charge in [0.05, 0.1) is 19.3 Å². The van der Waals surface area contributed by atoms with Crippen LogP contribution in [0.4, 0.5) is 0 Å². The summed E-state index contributed by atoms with van der Waals surface area (Å²) in [7, 11) is 1.66. The van der Waals surface area contributed by atoms with Crippen LogP contribution in [0.5, 0.6) is 0 Å². The van der Waals surface area contributed by atoms with Crippen molar-refractivity contribution in [2.24, 2.45) is 0 Å². The fourth-order valence-corrected chi connectivity index (χ4v) is 1.67. The standard InChI is InChI=1S/C8H17NO2/c1-6-4-8(9-10-3)5-7(2)11-6/h6-9H,4-5H2,1-3H3. The van der Waals surface area contributed by atoms with Crippen LogP contribution < -0.4 is 5.48 Å². The molecule has 1 aliphatic rings. The average Bonchev–Trinajstić information content (AvgIpc) is 1.85. The number of nitrogens with one attached hydrogen (secondary N) is 1. The predicted octanol–water partition coefficient (Wildman–Crippen LogP) is 1.09. The third-order valence-corrected chi connectivity index (χ3v) is 1.98. The number of hydrogen-bond donors (Lipinski definition) is 1. The Bertz CT molecular complexity index is 109. The van der Waals surface area contributed by atoms with Crippen molar-refractivity contribution < 1.29 is 9.57 Å². The molecule has 0 aromatic carbocycles. The summed E-state index contributed by atoms with van der Waals surface area (Å²) in [6, 6.07) is 0.457. The Morgan fingerprint density at radius 3 is 2.27 bits per heavy atom. The van der Waals surface area contributed by atoms with E-state index in [0.29, 0.717) is 18.2 Å². The Morgan fingerprint density at radius 2 is 1.82 bits per heavy atom. The monoisotopic (exact) mass is 159 g/mol. The van der Waals surface area contributed by atoms with E-state index in [9.17, 15) is 0 Å². The minimum absolute atomic E-state index is 0.353. The molecular formula is C8H17NO2. The Kier molecular flexibility index (Phi) is 3.30. The molecule has 2 atom stereocenters. The normalized spacial score (nSPS) is 39.0. The van der Waals surface area contributed by atoms with E-state index < -0.39 is 0 Å². The number of ether oxygens (including phenoxy) is 1. The first kappa shape index (κ1) is 8.97. The molecule has 0 radical (unpaired) electrons. The molecule has 3 nitrogen and oxygen atoms in total. The number of hydrogen-bond acceptors (Lipinski definition) is 3. The van der Waals surface area contributed by atoms with Crippen LogP contribution in [0.15, 0.2) is 0 Å². The molecule has 1 saturated heterocycles. The minimum atomic E-state index is 0.353. The second-order valence-corrected chi connectivity index (χ2v) is 3.25. The largest absolute Gasteiger partial charge is 0.375 e. The van der Waals surface area contributed by atoms with E-state index in [0.717, 1.165) is 12.8 Å². The maximum absolute atomic E-state index is 5.57. The average molecular weight is 159 g/mol.